The fourth-order valence-electron chi connectivity index (χ4n) is 2.07. The molecule has 108 valence electrons. The van der Waals surface area contributed by atoms with Gasteiger partial charge in [0.05, 0.1) is 0 Å². The quantitative estimate of drug-likeness (QED) is 0.713. The Morgan fingerprint density at radius 1 is 1.16 bits per heavy atom. The van der Waals surface area contributed by atoms with Crippen LogP contribution in [0.1, 0.15) is 46.1 Å². The van der Waals surface area contributed by atoms with E-state index in [4.69, 9.17) is 0 Å². The van der Waals surface area contributed by atoms with Crippen LogP contribution in [0.4, 0.5) is 5.69 Å². The van der Waals surface area contributed by atoms with Crippen molar-refractivity contribution in [1.82, 2.24) is 10.3 Å². The summed E-state index contributed by atoms with van der Waals surface area (Å²) in [6.07, 6.45) is 6.29. The molecule has 0 atom stereocenters. The Bertz CT molecular complexity index is 346. The summed E-state index contributed by atoms with van der Waals surface area (Å²) in [6, 6.07) is 2.08. The van der Waals surface area contributed by atoms with E-state index in [0.717, 1.165) is 25.6 Å². The molecule has 1 aromatic rings. The van der Waals surface area contributed by atoms with E-state index < -0.39 is 0 Å². The van der Waals surface area contributed by atoms with Gasteiger partial charge in [-0.3, -0.25) is 4.98 Å². The number of nitrogens with one attached hydrogen (secondary N) is 2. The van der Waals surface area contributed by atoms with E-state index >= 15 is 0 Å². The Labute approximate surface area is 118 Å². The van der Waals surface area contributed by atoms with Crippen LogP contribution in [0.25, 0.3) is 0 Å². The molecule has 1 heterocycles. The fraction of sp³-hybridized carbons (Fsp3) is 0.688. The van der Waals surface area contributed by atoms with Gasteiger partial charge in [-0.25, -0.2) is 0 Å². The van der Waals surface area contributed by atoms with Crippen molar-refractivity contribution in [2.75, 3.05) is 18.4 Å². The number of anilines is 1. The topological polar surface area (TPSA) is 37.0 Å². The van der Waals surface area contributed by atoms with Crippen LogP contribution in [0.3, 0.4) is 0 Å². The van der Waals surface area contributed by atoms with Crippen LogP contribution in [0.2, 0.25) is 0 Å². The van der Waals surface area contributed by atoms with E-state index in [-0.39, 0.29) is 0 Å². The molecule has 1 rings (SSSR count). The van der Waals surface area contributed by atoms with Gasteiger partial charge in [0.2, 0.25) is 0 Å². The van der Waals surface area contributed by atoms with Crippen molar-refractivity contribution in [3.8, 4) is 0 Å². The highest BCUT2D eigenvalue weighted by Crippen LogP contribution is 2.16. The molecule has 0 radical (unpaired) electrons. The van der Waals surface area contributed by atoms with Crippen molar-refractivity contribution >= 4 is 5.69 Å². The first-order chi connectivity index (χ1) is 9.17. The van der Waals surface area contributed by atoms with Crippen molar-refractivity contribution in [1.29, 1.82) is 0 Å². The molecule has 0 aliphatic rings. The van der Waals surface area contributed by atoms with Crippen LogP contribution < -0.4 is 10.6 Å². The Balaban J connectivity index is 2.52. The lowest BCUT2D eigenvalue weighted by Gasteiger charge is -2.17. The Morgan fingerprint density at radius 2 is 1.89 bits per heavy atom. The normalized spacial score (nSPS) is 11.3. The van der Waals surface area contributed by atoms with Crippen LogP contribution in [0, 0.1) is 11.8 Å². The molecule has 3 heteroatoms. The minimum Gasteiger partial charge on any atom is -0.384 e. The van der Waals surface area contributed by atoms with Gasteiger partial charge < -0.3 is 10.6 Å². The monoisotopic (exact) mass is 263 g/mol. The molecular weight excluding hydrogens is 234 g/mol. The highest BCUT2D eigenvalue weighted by atomic mass is 14.9. The zero-order chi connectivity index (χ0) is 14.1. The van der Waals surface area contributed by atoms with Crippen molar-refractivity contribution in [3.05, 3.63) is 24.0 Å². The van der Waals surface area contributed by atoms with Gasteiger partial charge in [0.15, 0.2) is 0 Å². The zero-order valence-electron chi connectivity index (χ0n) is 12.9. The summed E-state index contributed by atoms with van der Waals surface area (Å²) >= 11 is 0. The molecule has 0 spiro atoms. The van der Waals surface area contributed by atoms with Crippen molar-refractivity contribution in [3.63, 3.8) is 0 Å². The molecule has 0 aliphatic carbocycles. The summed E-state index contributed by atoms with van der Waals surface area (Å²) in [5.41, 5.74) is 2.48. The van der Waals surface area contributed by atoms with Gasteiger partial charge in [-0.2, -0.15) is 0 Å². The molecule has 0 aliphatic heterocycles. The average Bonchev–Trinajstić information content (AvgIpc) is 2.41. The van der Waals surface area contributed by atoms with Gasteiger partial charge in [-0.15, -0.1) is 0 Å². The first-order valence-corrected chi connectivity index (χ1v) is 7.54. The summed E-state index contributed by atoms with van der Waals surface area (Å²) in [5.74, 6) is 1.43. The van der Waals surface area contributed by atoms with Crippen LogP contribution >= 0.6 is 0 Å². The molecule has 0 aromatic carbocycles. The van der Waals surface area contributed by atoms with E-state index in [9.17, 15) is 0 Å². The van der Waals surface area contributed by atoms with Crippen LogP contribution in [-0.4, -0.2) is 18.1 Å². The molecule has 1 aromatic heterocycles. The molecule has 0 amide bonds. The molecule has 19 heavy (non-hydrogen) atoms. The van der Waals surface area contributed by atoms with Crippen molar-refractivity contribution < 1.29 is 0 Å². The first kappa shape index (κ1) is 16.0. The van der Waals surface area contributed by atoms with E-state index in [2.05, 4.69) is 49.4 Å². The highest BCUT2D eigenvalue weighted by molar-refractivity contribution is 5.49. The molecule has 3 nitrogen and oxygen atoms in total. The Hall–Kier alpha value is -1.09. The first-order valence-electron chi connectivity index (χ1n) is 7.54. The number of aromatic nitrogens is 1. The maximum absolute atomic E-state index is 4.23. The lowest BCUT2D eigenvalue weighted by molar-refractivity contribution is 0.518. The smallest absolute Gasteiger partial charge is 0.0416 e. The van der Waals surface area contributed by atoms with Gasteiger partial charge in [0.1, 0.15) is 0 Å². The second-order valence-corrected chi connectivity index (χ2v) is 5.62. The van der Waals surface area contributed by atoms with E-state index in [0.29, 0.717) is 5.92 Å². The Kier molecular flexibility index (Phi) is 7.49. The average molecular weight is 263 g/mol. The summed E-state index contributed by atoms with van der Waals surface area (Å²) in [7, 11) is 0. The third kappa shape index (κ3) is 6.06. The van der Waals surface area contributed by atoms with Crippen molar-refractivity contribution in [2.45, 2.75) is 47.1 Å². The minimum absolute atomic E-state index is 0.678. The molecule has 0 bridgehead atoms. The van der Waals surface area contributed by atoms with Gasteiger partial charge >= 0.3 is 0 Å². The van der Waals surface area contributed by atoms with E-state index in [1.807, 2.05) is 12.4 Å². The number of hydrogen-bond acceptors (Lipinski definition) is 3. The van der Waals surface area contributed by atoms with Gasteiger partial charge in [0.25, 0.3) is 0 Å². The number of pyridine rings is 1. The standard InChI is InChI=1S/C16H29N3/c1-5-14(6-2)10-19-16-7-8-17-11-15(16)12-18-9-13(3)4/h7-8,11,13-14,18H,5-6,9-10,12H2,1-4H3,(H,17,19). The van der Waals surface area contributed by atoms with Crippen LogP contribution in [0.15, 0.2) is 18.5 Å². The van der Waals surface area contributed by atoms with Gasteiger partial charge in [-0.1, -0.05) is 40.5 Å². The zero-order valence-corrected chi connectivity index (χ0v) is 12.9. The van der Waals surface area contributed by atoms with E-state index in [1.165, 1.54) is 24.1 Å². The summed E-state index contributed by atoms with van der Waals surface area (Å²) < 4.78 is 0. The highest BCUT2D eigenvalue weighted by Gasteiger charge is 2.06. The molecular formula is C16H29N3. The molecule has 0 unspecified atom stereocenters. The number of rotatable bonds is 9. The molecule has 0 saturated carbocycles. The van der Waals surface area contributed by atoms with Crippen LogP contribution in [0.5, 0.6) is 0 Å². The minimum atomic E-state index is 0.678. The molecule has 0 fully saturated rings. The lowest BCUT2D eigenvalue weighted by Crippen LogP contribution is -2.20. The predicted molar refractivity (Wildman–Crippen MR) is 83.3 cm³/mol. The number of nitrogens with zero attached hydrogens (tertiary/aromatic N) is 1. The van der Waals surface area contributed by atoms with Crippen molar-refractivity contribution in [2.24, 2.45) is 11.8 Å². The largest absolute Gasteiger partial charge is 0.384 e. The predicted octanol–water partition coefficient (Wildman–Crippen LogP) is 3.68. The fourth-order valence-corrected chi connectivity index (χ4v) is 2.07. The van der Waals surface area contributed by atoms with Gasteiger partial charge in [0, 0.05) is 36.7 Å². The van der Waals surface area contributed by atoms with E-state index in [1.54, 1.807) is 0 Å². The van der Waals surface area contributed by atoms with Gasteiger partial charge in [-0.05, 0) is 24.4 Å². The maximum Gasteiger partial charge on any atom is 0.0416 e. The Morgan fingerprint density at radius 3 is 2.53 bits per heavy atom. The molecule has 0 saturated heterocycles. The second-order valence-electron chi connectivity index (χ2n) is 5.62. The second kappa shape index (κ2) is 8.92. The summed E-state index contributed by atoms with van der Waals surface area (Å²) in [4.78, 5) is 4.23. The summed E-state index contributed by atoms with van der Waals surface area (Å²) in [5, 5.41) is 7.05. The lowest BCUT2D eigenvalue weighted by atomic mass is 10.0. The SMILES string of the molecule is CCC(CC)CNc1ccncc1CNCC(C)C. The summed E-state index contributed by atoms with van der Waals surface area (Å²) in [6.45, 7) is 11.9. The maximum atomic E-state index is 4.23. The third-order valence-electron chi connectivity index (χ3n) is 3.51. The number of hydrogen-bond donors (Lipinski definition) is 2. The van der Waals surface area contributed by atoms with Crippen LogP contribution in [-0.2, 0) is 6.54 Å². The third-order valence-corrected chi connectivity index (χ3v) is 3.51. The molecule has 2 N–H and O–H groups in total.